The molecular weight excluding hydrogens is 210 g/mol. The number of fused-ring (bicyclic) bond motifs is 1. The molecule has 0 aliphatic carbocycles. The van der Waals surface area contributed by atoms with Gasteiger partial charge < -0.3 is 10.5 Å². The second-order valence-corrected chi connectivity index (χ2v) is 4.46. The number of benzene rings is 2. The van der Waals surface area contributed by atoms with Crippen LogP contribution in [0.4, 0.5) is 0 Å². The molecule has 2 unspecified atom stereocenters. The number of ether oxygens (including phenoxy) is 1. The van der Waals surface area contributed by atoms with E-state index in [0.717, 1.165) is 6.42 Å². The molecule has 2 rings (SSSR count). The number of rotatable bonds is 4. The molecule has 0 amide bonds. The van der Waals surface area contributed by atoms with Crippen LogP contribution in [-0.2, 0) is 4.74 Å². The Morgan fingerprint density at radius 3 is 2.59 bits per heavy atom. The lowest BCUT2D eigenvalue weighted by atomic mass is 9.96. The predicted octanol–water partition coefficient (Wildman–Crippen LogP) is 3.26. The average molecular weight is 229 g/mol. The maximum Gasteiger partial charge on any atom is 0.0561 e. The summed E-state index contributed by atoms with van der Waals surface area (Å²) < 4.78 is 5.27. The highest BCUT2D eigenvalue weighted by molar-refractivity contribution is 5.86. The Hall–Kier alpha value is -1.38. The van der Waals surface area contributed by atoms with Crippen LogP contribution in [0.1, 0.15) is 24.9 Å². The van der Waals surface area contributed by atoms with Crippen LogP contribution in [0.5, 0.6) is 0 Å². The fraction of sp³-hybridized carbons (Fsp3) is 0.333. The van der Waals surface area contributed by atoms with Crippen molar-refractivity contribution in [3.05, 3.63) is 48.0 Å². The van der Waals surface area contributed by atoms with Crippen molar-refractivity contribution in [3.8, 4) is 0 Å². The van der Waals surface area contributed by atoms with Crippen molar-refractivity contribution in [2.75, 3.05) is 7.11 Å². The van der Waals surface area contributed by atoms with Crippen molar-refractivity contribution in [1.29, 1.82) is 0 Å². The zero-order valence-corrected chi connectivity index (χ0v) is 10.4. The number of nitrogens with two attached hydrogens (primary N) is 1. The summed E-state index contributed by atoms with van der Waals surface area (Å²) in [6, 6.07) is 14.7. The summed E-state index contributed by atoms with van der Waals surface area (Å²) in [6.45, 7) is 2.05. The maximum atomic E-state index is 6.26. The number of methoxy groups -OCH3 is 1. The molecular formula is C15H19NO. The molecule has 0 aromatic heterocycles. The summed E-state index contributed by atoms with van der Waals surface area (Å²) in [5, 5.41) is 2.48. The van der Waals surface area contributed by atoms with E-state index in [4.69, 9.17) is 10.5 Å². The highest BCUT2D eigenvalue weighted by atomic mass is 16.5. The van der Waals surface area contributed by atoms with Gasteiger partial charge in [-0.3, -0.25) is 0 Å². The van der Waals surface area contributed by atoms with E-state index in [-0.39, 0.29) is 12.1 Å². The fourth-order valence-corrected chi connectivity index (χ4v) is 2.15. The molecule has 0 saturated carbocycles. The van der Waals surface area contributed by atoms with E-state index < -0.39 is 0 Å². The minimum absolute atomic E-state index is 0.0241. The van der Waals surface area contributed by atoms with E-state index in [1.807, 2.05) is 6.92 Å². The van der Waals surface area contributed by atoms with Gasteiger partial charge in [-0.15, -0.1) is 0 Å². The van der Waals surface area contributed by atoms with Crippen LogP contribution < -0.4 is 5.73 Å². The van der Waals surface area contributed by atoms with Gasteiger partial charge in [0.2, 0.25) is 0 Å². The van der Waals surface area contributed by atoms with Gasteiger partial charge in [0.15, 0.2) is 0 Å². The molecule has 0 heterocycles. The normalized spacial score (nSPS) is 14.8. The van der Waals surface area contributed by atoms with E-state index in [9.17, 15) is 0 Å². The van der Waals surface area contributed by atoms with Crippen molar-refractivity contribution in [1.82, 2.24) is 0 Å². The van der Waals surface area contributed by atoms with E-state index in [1.54, 1.807) is 7.11 Å². The largest absolute Gasteiger partial charge is 0.382 e. The lowest BCUT2D eigenvalue weighted by Crippen LogP contribution is -2.18. The third-order valence-corrected chi connectivity index (χ3v) is 3.21. The standard InChI is InChI=1S/C15H19NO/c1-11(17-2)10-15(16)14-9-5-7-12-6-3-4-8-13(12)14/h3-9,11,15H,10,16H2,1-2H3. The summed E-state index contributed by atoms with van der Waals surface area (Å²) >= 11 is 0. The molecule has 90 valence electrons. The minimum Gasteiger partial charge on any atom is -0.382 e. The Morgan fingerprint density at radius 1 is 1.12 bits per heavy atom. The molecule has 2 N–H and O–H groups in total. The third kappa shape index (κ3) is 2.65. The summed E-state index contributed by atoms with van der Waals surface area (Å²) in [5.74, 6) is 0. The number of hydrogen-bond acceptors (Lipinski definition) is 2. The number of hydrogen-bond donors (Lipinski definition) is 1. The van der Waals surface area contributed by atoms with Gasteiger partial charge in [0, 0.05) is 13.2 Å². The Balaban J connectivity index is 2.34. The van der Waals surface area contributed by atoms with Gasteiger partial charge in [-0.1, -0.05) is 42.5 Å². The van der Waals surface area contributed by atoms with Gasteiger partial charge in [0.25, 0.3) is 0 Å². The van der Waals surface area contributed by atoms with E-state index in [2.05, 4.69) is 42.5 Å². The molecule has 0 spiro atoms. The third-order valence-electron chi connectivity index (χ3n) is 3.21. The summed E-state index contributed by atoms with van der Waals surface area (Å²) in [7, 11) is 1.72. The van der Waals surface area contributed by atoms with Crippen molar-refractivity contribution >= 4 is 10.8 Å². The molecule has 2 aromatic rings. The molecule has 2 nitrogen and oxygen atoms in total. The fourth-order valence-electron chi connectivity index (χ4n) is 2.15. The Labute approximate surface area is 102 Å². The van der Waals surface area contributed by atoms with E-state index >= 15 is 0 Å². The predicted molar refractivity (Wildman–Crippen MR) is 72.0 cm³/mol. The van der Waals surface area contributed by atoms with Crippen molar-refractivity contribution < 1.29 is 4.74 Å². The Morgan fingerprint density at radius 2 is 1.82 bits per heavy atom. The molecule has 2 aromatic carbocycles. The molecule has 0 aliphatic rings. The van der Waals surface area contributed by atoms with Gasteiger partial charge in [0.1, 0.15) is 0 Å². The summed E-state index contributed by atoms with van der Waals surface area (Å²) in [5.41, 5.74) is 7.46. The zero-order valence-electron chi connectivity index (χ0n) is 10.4. The molecule has 0 saturated heterocycles. The Kier molecular flexibility index (Phi) is 3.77. The van der Waals surface area contributed by atoms with Crippen LogP contribution in [0.3, 0.4) is 0 Å². The Bertz CT molecular complexity index is 490. The van der Waals surface area contributed by atoms with Crippen LogP contribution in [-0.4, -0.2) is 13.2 Å². The van der Waals surface area contributed by atoms with Gasteiger partial charge in [-0.2, -0.15) is 0 Å². The molecule has 0 radical (unpaired) electrons. The first-order chi connectivity index (χ1) is 8.22. The smallest absolute Gasteiger partial charge is 0.0561 e. The van der Waals surface area contributed by atoms with E-state index in [1.165, 1.54) is 16.3 Å². The zero-order chi connectivity index (χ0) is 12.3. The monoisotopic (exact) mass is 229 g/mol. The minimum atomic E-state index is 0.0241. The first kappa shape index (κ1) is 12.1. The molecule has 0 aliphatic heterocycles. The maximum absolute atomic E-state index is 6.26. The van der Waals surface area contributed by atoms with Gasteiger partial charge in [0.05, 0.1) is 6.10 Å². The second-order valence-electron chi connectivity index (χ2n) is 4.46. The van der Waals surface area contributed by atoms with Crippen molar-refractivity contribution in [2.45, 2.75) is 25.5 Å². The molecule has 0 fully saturated rings. The van der Waals surface area contributed by atoms with Crippen molar-refractivity contribution in [2.24, 2.45) is 5.73 Å². The highest BCUT2D eigenvalue weighted by Gasteiger charge is 2.12. The lowest BCUT2D eigenvalue weighted by molar-refractivity contribution is 0.105. The quantitative estimate of drug-likeness (QED) is 0.873. The summed E-state index contributed by atoms with van der Waals surface area (Å²) in [4.78, 5) is 0. The first-order valence-electron chi connectivity index (χ1n) is 5.98. The summed E-state index contributed by atoms with van der Waals surface area (Å²) in [6.07, 6.45) is 1.02. The topological polar surface area (TPSA) is 35.2 Å². The SMILES string of the molecule is COC(C)CC(N)c1cccc2ccccc12. The lowest BCUT2D eigenvalue weighted by Gasteiger charge is -2.18. The van der Waals surface area contributed by atoms with Crippen LogP contribution in [0, 0.1) is 0 Å². The van der Waals surface area contributed by atoms with Gasteiger partial charge >= 0.3 is 0 Å². The highest BCUT2D eigenvalue weighted by Crippen LogP contribution is 2.25. The average Bonchev–Trinajstić information content (AvgIpc) is 2.37. The van der Waals surface area contributed by atoms with Crippen molar-refractivity contribution in [3.63, 3.8) is 0 Å². The van der Waals surface area contributed by atoms with Gasteiger partial charge in [-0.25, -0.2) is 0 Å². The second kappa shape index (κ2) is 5.30. The molecule has 17 heavy (non-hydrogen) atoms. The van der Waals surface area contributed by atoms with Crippen LogP contribution >= 0.6 is 0 Å². The van der Waals surface area contributed by atoms with Crippen LogP contribution in [0.25, 0.3) is 10.8 Å². The first-order valence-corrected chi connectivity index (χ1v) is 5.98. The molecule has 0 bridgehead atoms. The molecule has 2 atom stereocenters. The molecule has 2 heteroatoms. The van der Waals surface area contributed by atoms with E-state index in [0.29, 0.717) is 0 Å². The van der Waals surface area contributed by atoms with Crippen LogP contribution in [0.15, 0.2) is 42.5 Å². The van der Waals surface area contributed by atoms with Gasteiger partial charge in [-0.05, 0) is 29.7 Å². The van der Waals surface area contributed by atoms with Crippen LogP contribution in [0.2, 0.25) is 0 Å².